The second-order valence-corrected chi connectivity index (χ2v) is 3.02. The largest absolute Gasteiger partial charge is 0.468 e. The number of aryl methyl sites for hydroxylation is 1. The van der Waals surface area contributed by atoms with Crippen LogP contribution in [-0.4, -0.2) is 29.8 Å². The number of aromatic nitrogens is 2. The third-order valence-corrected chi connectivity index (χ3v) is 1.71. The van der Waals surface area contributed by atoms with Crippen LogP contribution in [0, 0.1) is 0 Å². The Kier molecular flexibility index (Phi) is 3.92. The van der Waals surface area contributed by atoms with Gasteiger partial charge in [0, 0.05) is 19.5 Å². The van der Waals surface area contributed by atoms with Crippen LogP contribution < -0.4 is 10.1 Å². The van der Waals surface area contributed by atoms with Gasteiger partial charge in [-0.05, 0) is 0 Å². The molecule has 1 N–H and O–H groups in total. The lowest BCUT2D eigenvalue weighted by atomic mass is 10.4. The highest BCUT2D eigenvalue weighted by Crippen LogP contribution is 2.18. The van der Waals surface area contributed by atoms with Crippen molar-refractivity contribution in [2.75, 3.05) is 19.0 Å². The smallest absolute Gasteiger partial charge is 0.422 e. The van der Waals surface area contributed by atoms with Gasteiger partial charge in [-0.25, -0.2) is 4.98 Å². The maximum atomic E-state index is 11.9. The van der Waals surface area contributed by atoms with Crippen LogP contribution in [0.4, 0.5) is 19.0 Å². The quantitative estimate of drug-likeness (QED) is 0.867. The molecule has 0 radical (unpaired) electrons. The summed E-state index contributed by atoms with van der Waals surface area (Å²) < 4.78 is 40.3. The molecule has 90 valence electrons. The van der Waals surface area contributed by atoms with Crippen molar-refractivity contribution >= 4 is 5.82 Å². The fourth-order valence-electron chi connectivity index (χ4n) is 0.989. The summed E-state index contributed by atoms with van der Waals surface area (Å²) >= 11 is 0. The standard InChI is InChI=1S/C9H12F3N3O/c1-3-6-14-7(13-2)4-8(15-6)16-5-9(10,11)12/h4H,3,5H2,1-2H3,(H,13,14,15). The Bertz CT molecular complexity index is 332. The number of hydrogen-bond donors (Lipinski definition) is 1. The summed E-state index contributed by atoms with van der Waals surface area (Å²) in [5.41, 5.74) is 0. The van der Waals surface area contributed by atoms with Gasteiger partial charge in [-0.2, -0.15) is 18.2 Å². The van der Waals surface area contributed by atoms with E-state index in [1.807, 2.05) is 6.92 Å². The van der Waals surface area contributed by atoms with Gasteiger partial charge in [0.25, 0.3) is 0 Å². The van der Waals surface area contributed by atoms with E-state index in [4.69, 9.17) is 0 Å². The molecule has 0 aromatic carbocycles. The molecular weight excluding hydrogens is 223 g/mol. The lowest BCUT2D eigenvalue weighted by Gasteiger charge is -2.10. The van der Waals surface area contributed by atoms with Crippen molar-refractivity contribution in [3.63, 3.8) is 0 Å². The van der Waals surface area contributed by atoms with Crippen LogP contribution in [0.5, 0.6) is 5.88 Å². The molecule has 16 heavy (non-hydrogen) atoms. The summed E-state index contributed by atoms with van der Waals surface area (Å²) in [6, 6.07) is 1.32. The molecule has 0 atom stereocenters. The molecule has 1 aromatic heterocycles. The lowest BCUT2D eigenvalue weighted by molar-refractivity contribution is -0.154. The Balaban J connectivity index is 2.79. The molecule has 1 rings (SSSR count). The van der Waals surface area contributed by atoms with Crippen LogP contribution >= 0.6 is 0 Å². The van der Waals surface area contributed by atoms with Crippen molar-refractivity contribution in [3.05, 3.63) is 11.9 Å². The Morgan fingerprint density at radius 1 is 1.38 bits per heavy atom. The van der Waals surface area contributed by atoms with E-state index in [0.29, 0.717) is 18.1 Å². The zero-order chi connectivity index (χ0) is 12.2. The highest BCUT2D eigenvalue weighted by Gasteiger charge is 2.28. The molecule has 0 saturated carbocycles. The fourth-order valence-corrected chi connectivity index (χ4v) is 0.989. The van der Waals surface area contributed by atoms with Crippen LogP contribution in [0.1, 0.15) is 12.7 Å². The summed E-state index contributed by atoms with van der Waals surface area (Å²) in [6.07, 6.45) is -3.84. The van der Waals surface area contributed by atoms with E-state index in [9.17, 15) is 13.2 Å². The highest BCUT2D eigenvalue weighted by molar-refractivity contribution is 5.37. The maximum absolute atomic E-state index is 11.9. The summed E-state index contributed by atoms with van der Waals surface area (Å²) in [5.74, 6) is 0.793. The summed E-state index contributed by atoms with van der Waals surface area (Å²) in [6.45, 7) is 0.457. The number of rotatable bonds is 4. The van der Waals surface area contributed by atoms with E-state index in [0.717, 1.165) is 0 Å². The highest BCUT2D eigenvalue weighted by atomic mass is 19.4. The van der Waals surface area contributed by atoms with Crippen LogP contribution in [-0.2, 0) is 6.42 Å². The number of ether oxygens (including phenoxy) is 1. The minimum Gasteiger partial charge on any atom is -0.468 e. The lowest BCUT2D eigenvalue weighted by Crippen LogP contribution is -2.20. The van der Waals surface area contributed by atoms with Crippen LogP contribution in [0.3, 0.4) is 0 Å². The van der Waals surface area contributed by atoms with Crippen LogP contribution in [0.2, 0.25) is 0 Å². The van der Waals surface area contributed by atoms with Gasteiger partial charge in [0.2, 0.25) is 5.88 Å². The predicted octanol–water partition coefficient (Wildman–Crippen LogP) is 2.02. The number of halogens is 3. The average molecular weight is 235 g/mol. The molecule has 0 aliphatic heterocycles. The van der Waals surface area contributed by atoms with Gasteiger partial charge in [0.1, 0.15) is 11.6 Å². The number of nitrogens with one attached hydrogen (secondary N) is 1. The second-order valence-electron chi connectivity index (χ2n) is 3.02. The SMILES string of the molecule is CCc1nc(NC)cc(OCC(F)(F)F)n1. The van der Waals surface area contributed by atoms with Gasteiger partial charge >= 0.3 is 6.18 Å². The van der Waals surface area contributed by atoms with Crippen LogP contribution in [0.15, 0.2) is 6.07 Å². The molecule has 0 saturated heterocycles. The second kappa shape index (κ2) is 5.00. The summed E-state index contributed by atoms with van der Waals surface area (Å²) in [5, 5.41) is 2.73. The molecule has 0 aliphatic carbocycles. The van der Waals surface area contributed by atoms with Gasteiger partial charge in [-0.1, -0.05) is 6.92 Å². The Morgan fingerprint density at radius 3 is 2.56 bits per heavy atom. The molecular formula is C9H12F3N3O. The minimum atomic E-state index is -4.36. The van der Waals surface area contributed by atoms with Gasteiger partial charge in [0.05, 0.1) is 0 Å². The molecule has 0 amide bonds. The topological polar surface area (TPSA) is 47.0 Å². The van der Waals surface area contributed by atoms with Crippen molar-refractivity contribution < 1.29 is 17.9 Å². The molecule has 0 spiro atoms. The van der Waals surface area contributed by atoms with Crippen LogP contribution in [0.25, 0.3) is 0 Å². The van der Waals surface area contributed by atoms with Gasteiger partial charge in [-0.15, -0.1) is 0 Å². The molecule has 7 heteroatoms. The van der Waals surface area contributed by atoms with Crippen molar-refractivity contribution in [2.24, 2.45) is 0 Å². The third-order valence-electron chi connectivity index (χ3n) is 1.71. The van der Waals surface area contributed by atoms with E-state index in [1.165, 1.54) is 6.07 Å². The Morgan fingerprint density at radius 2 is 2.06 bits per heavy atom. The Hall–Kier alpha value is -1.53. The van der Waals surface area contributed by atoms with Crippen molar-refractivity contribution in [1.82, 2.24) is 9.97 Å². The van der Waals surface area contributed by atoms with E-state index >= 15 is 0 Å². The number of hydrogen-bond acceptors (Lipinski definition) is 4. The maximum Gasteiger partial charge on any atom is 0.422 e. The normalized spacial score (nSPS) is 11.3. The first-order valence-electron chi connectivity index (χ1n) is 4.70. The molecule has 0 fully saturated rings. The Labute approximate surface area is 90.9 Å². The molecule has 4 nitrogen and oxygen atoms in total. The zero-order valence-corrected chi connectivity index (χ0v) is 8.93. The predicted molar refractivity (Wildman–Crippen MR) is 52.5 cm³/mol. The third kappa shape index (κ3) is 3.92. The molecule has 0 unspecified atom stereocenters. The summed E-state index contributed by atoms with van der Waals surface area (Å²) in [7, 11) is 1.62. The first-order chi connectivity index (χ1) is 7.44. The minimum absolute atomic E-state index is 0.0754. The van der Waals surface area contributed by atoms with Gasteiger partial charge in [0.15, 0.2) is 6.61 Å². The fraction of sp³-hybridized carbons (Fsp3) is 0.556. The zero-order valence-electron chi connectivity index (χ0n) is 8.93. The first-order valence-corrected chi connectivity index (χ1v) is 4.70. The van der Waals surface area contributed by atoms with E-state index in [-0.39, 0.29) is 5.88 Å². The van der Waals surface area contributed by atoms with E-state index in [2.05, 4.69) is 20.0 Å². The summed E-state index contributed by atoms with van der Waals surface area (Å²) in [4.78, 5) is 7.86. The van der Waals surface area contributed by atoms with Gasteiger partial charge < -0.3 is 10.1 Å². The van der Waals surface area contributed by atoms with Gasteiger partial charge in [-0.3, -0.25) is 0 Å². The molecule has 0 aliphatic rings. The van der Waals surface area contributed by atoms with Crippen molar-refractivity contribution in [1.29, 1.82) is 0 Å². The van der Waals surface area contributed by atoms with E-state index < -0.39 is 12.8 Å². The number of nitrogens with zero attached hydrogens (tertiary/aromatic N) is 2. The molecule has 1 aromatic rings. The van der Waals surface area contributed by atoms with Crippen molar-refractivity contribution in [2.45, 2.75) is 19.5 Å². The van der Waals surface area contributed by atoms with Crippen molar-refractivity contribution in [3.8, 4) is 5.88 Å². The number of alkyl halides is 3. The average Bonchev–Trinajstić information content (AvgIpc) is 2.25. The first kappa shape index (κ1) is 12.5. The van der Waals surface area contributed by atoms with E-state index in [1.54, 1.807) is 7.05 Å². The monoisotopic (exact) mass is 235 g/mol. The number of anilines is 1. The molecule has 0 bridgehead atoms. The molecule has 1 heterocycles.